The largest absolute Gasteiger partial charge is 0.471 e. The number of alkyl halides is 3. The zero-order chi connectivity index (χ0) is 21.5. The summed E-state index contributed by atoms with van der Waals surface area (Å²) in [5.41, 5.74) is 1.34. The van der Waals surface area contributed by atoms with E-state index in [-0.39, 0.29) is 17.5 Å². The Kier molecular flexibility index (Phi) is 3.98. The molecule has 1 aromatic carbocycles. The topological polar surface area (TPSA) is 57.7 Å². The van der Waals surface area contributed by atoms with Gasteiger partial charge in [-0.15, -0.1) is 0 Å². The average molecular weight is 418 g/mol. The number of halogens is 3. The van der Waals surface area contributed by atoms with E-state index in [1.54, 1.807) is 26.0 Å². The predicted octanol–water partition coefficient (Wildman–Crippen LogP) is 3.21. The molecule has 0 unspecified atom stereocenters. The Morgan fingerprint density at radius 1 is 1.07 bits per heavy atom. The lowest BCUT2D eigenvalue weighted by Gasteiger charge is -2.37. The van der Waals surface area contributed by atoms with Crippen LogP contribution in [0, 0.1) is 49.4 Å². The quantitative estimate of drug-likeness (QED) is 0.560. The predicted molar refractivity (Wildman–Crippen MR) is 101 cm³/mol. The van der Waals surface area contributed by atoms with E-state index < -0.39 is 42.4 Å². The lowest BCUT2D eigenvalue weighted by atomic mass is 9.63. The van der Waals surface area contributed by atoms with Gasteiger partial charge in [0.1, 0.15) is 6.67 Å². The number of hydrogen-bond donors (Lipinski definition) is 0. The summed E-state index contributed by atoms with van der Waals surface area (Å²) in [4.78, 5) is 39.9. The van der Waals surface area contributed by atoms with Crippen molar-refractivity contribution >= 4 is 23.4 Å². The van der Waals surface area contributed by atoms with Gasteiger partial charge in [-0.3, -0.25) is 24.2 Å². The number of aryl methyl sites for hydroxylation is 2. The second-order valence-corrected chi connectivity index (χ2v) is 8.92. The zero-order valence-corrected chi connectivity index (χ0v) is 16.5. The van der Waals surface area contributed by atoms with Crippen LogP contribution in [0.3, 0.4) is 0 Å². The molecule has 4 aliphatic carbocycles. The second-order valence-electron chi connectivity index (χ2n) is 8.92. The Morgan fingerprint density at radius 3 is 2.13 bits per heavy atom. The van der Waals surface area contributed by atoms with E-state index in [1.807, 2.05) is 12.2 Å². The Labute approximate surface area is 171 Å². The molecule has 6 rings (SSSR count). The van der Waals surface area contributed by atoms with E-state index in [0.29, 0.717) is 22.3 Å². The van der Waals surface area contributed by atoms with Gasteiger partial charge in [0.2, 0.25) is 11.8 Å². The Morgan fingerprint density at radius 2 is 1.63 bits per heavy atom. The number of carbonyl (C=O) groups is 3. The molecule has 1 aliphatic heterocycles. The Bertz CT molecular complexity index is 966. The van der Waals surface area contributed by atoms with Crippen molar-refractivity contribution in [1.82, 2.24) is 4.90 Å². The number of imide groups is 1. The minimum absolute atomic E-state index is 0.0284. The first-order valence-corrected chi connectivity index (χ1v) is 10.1. The molecule has 2 bridgehead atoms. The highest BCUT2D eigenvalue weighted by Gasteiger charge is 2.67. The third-order valence-corrected chi connectivity index (χ3v) is 7.17. The minimum atomic E-state index is -5.13. The summed E-state index contributed by atoms with van der Waals surface area (Å²) in [5.74, 6) is -3.31. The molecule has 0 N–H and O–H groups in total. The van der Waals surface area contributed by atoms with E-state index >= 15 is 0 Å². The number of rotatable bonds is 3. The first kappa shape index (κ1) is 19.3. The molecule has 5 aliphatic rings. The average Bonchev–Trinajstić information content (AvgIpc) is 3.45. The van der Waals surface area contributed by atoms with Gasteiger partial charge in [-0.05, 0) is 55.6 Å². The van der Waals surface area contributed by atoms with Crippen molar-refractivity contribution in [2.75, 3.05) is 11.6 Å². The van der Waals surface area contributed by atoms with Crippen LogP contribution in [-0.2, 0) is 14.4 Å². The molecule has 1 heterocycles. The van der Waals surface area contributed by atoms with Gasteiger partial charge in [0.05, 0.1) is 11.8 Å². The molecule has 3 amide bonds. The van der Waals surface area contributed by atoms with Gasteiger partial charge in [-0.2, -0.15) is 13.2 Å². The summed E-state index contributed by atoms with van der Waals surface area (Å²) in [5, 5.41) is 0. The second kappa shape index (κ2) is 6.18. The first-order chi connectivity index (χ1) is 14.1. The molecule has 0 aromatic heterocycles. The van der Waals surface area contributed by atoms with Crippen LogP contribution < -0.4 is 4.90 Å². The number of amides is 3. The van der Waals surface area contributed by atoms with Crippen molar-refractivity contribution in [3.05, 3.63) is 41.5 Å². The summed E-state index contributed by atoms with van der Waals surface area (Å²) in [6.07, 6.45) is -0.135. The van der Waals surface area contributed by atoms with Crippen molar-refractivity contribution in [2.24, 2.45) is 35.5 Å². The summed E-state index contributed by atoms with van der Waals surface area (Å²) in [6.45, 7) is 2.67. The highest BCUT2D eigenvalue weighted by atomic mass is 19.4. The van der Waals surface area contributed by atoms with Crippen molar-refractivity contribution in [2.45, 2.75) is 26.4 Å². The number of hydrogen-bond acceptors (Lipinski definition) is 3. The van der Waals surface area contributed by atoms with E-state index in [9.17, 15) is 27.6 Å². The van der Waals surface area contributed by atoms with E-state index in [4.69, 9.17) is 0 Å². The van der Waals surface area contributed by atoms with Crippen molar-refractivity contribution < 1.29 is 27.6 Å². The fourth-order valence-electron chi connectivity index (χ4n) is 5.81. The van der Waals surface area contributed by atoms with E-state index in [2.05, 4.69) is 0 Å². The summed E-state index contributed by atoms with van der Waals surface area (Å²) < 4.78 is 40.1. The molecule has 3 fully saturated rings. The number of carbonyl (C=O) groups excluding carboxylic acids is 3. The van der Waals surface area contributed by atoms with Crippen molar-refractivity contribution in [1.29, 1.82) is 0 Å². The smallest absolute Gasteiger partial charge is 0.286 e. The van der Waals surface area contributed by atoms with Crippen LogP contribution in [0.1, 0.15) is 17.5 Å². The maximum atomic E-state index is 13.4. The van der Waals surface area contributed by atoms with Gasteiger partial charge in [0.25, 0.3) is 0 Å². The molecule has 6 atom stereocenters. The van der Waals surface area contributed by atoms with Gasteiger partial charge < -0.3 is 0 Å². The molecule has 2 saturated carbocycles. The van der Waals surface area contributed by atoms with Crippen LogP contribution >= 0.6 is 0 Å². The third kappa shape index (κ3) is 2.65. The van der Waals surface area contributed by atoms with Crippen molar-refractivity contribution in [3.8, 4) is 0 Å². The monoisotopic (exact) mass is 418 g/mol. The van der Waals surface area contributed by atoms with Crippen LogP contribution in [0.4, 0.5) is 18.9 Å². The van der Waals surface area contributed by atoms with Crippen LogP contribution in [-0.4, -0.2) is 35.5 Å². The van der Waals surface area contributed by atoms with Gasteiger partial charge in [-0.25, -0.2) is 0 Å². The molecule has 1 aromatic rings. The molecule has 0 radical (unpaired) electrons. The number of allylic oxidation sites excluding steroid dienone is 2. The van der Waals surface area contributed by atoms with Gasteiger partial charge >= 0.3 is 12.1 Å². The number of anilines is 1. The summed E-state index contributed by atoms with van der Waals surface area (Å²) in [7, 11) is 0. The molecule has 5 nitrogen and oxygen atoms in total. The molecular formula is C22H21F3N2O3. The summed E-state index contributed by atoms with van der Waals surface area (Å²) in [6, 6.07) is 4.69. The van der Waals surface area contributed by atoms with E-state index in [0.717, 1.165) is 16.9 Å². The first-order valence-electron chi connectivity index (χ1n) is 10.1. The van der Waals surface area contributed by atoms with Crippen LogP contribution in [0.5, 0.6) is 0 Å². The van der Waals surface area contributed by atoms with Crippen LogP contribution in [0.15, 0.2) is 30.4 Å². The molecule has 1 saturated heterocycles. The number of likely N-dealkylation sites (tertiary alicyclic amines) is 1. The lowest BCUT2D eigenvalue weighted by Crippen LogP contribution is -2.49. The SMILES string of the molecule is Cc1ccc(N(CN2C(=O)[C@H]3[C@@H]4C=C[C@H]([C@@H]5C[C@H]45)[C@@H]3C2=O)C(=O)C(F)(F)F)c(C)c1. The molecule has 8 heteroatoms. The van der Waals surface area contributed by atoms with E-state index in [1.165, 1.54) is 6.07 Å². The minimum Gasteiger partial charge on any atom is -0.286 e. The molecule has 158 valence electrons. The van der Waals surface area contributed by atoms with Gasteiger partial charge in [-0.1, -0.05) is 29.8 Å². The van der Waals surface area contributed by atoms with Crippen LogP contribution in [0.25, 0.3) is 0 Å². The normalized spacial score (nSPS) is 33.6. The number of nitrogens with zero attached hydrogens (tertiary/aromatic N) is 2. The van der Waals surface area contributed by atoms with Gasteiger partial charge in [0, 0.05) is 5.69 Å². The maximum Gasteiger partial charge on any atom is 0.471 e. The van der Waals surface area contributed by atoms with Crippen molar-refractivity contribution in [3.63, 3.8) is 0 Å². The molecule has 30 heavy (non-hydrogen) atoms. The number of benzene rings is 1. The Hall–Kier alpha value is -2.64. The third-order valence-electron chi connectivity index (χ3n) is 7.17. The fourth-order valence-corrected chi connectivity index (χ4v) is 5.81. The fraction of sp³-hybridized carbons (Fsp3) is 0.500. The zero-order valence-electron chi connectivity index (χ0n) is 16.5. The summed E-state index contributed by atoms with van der Waals surface area (Å²) >= 11 is 0. The van der Waals surface area contributed by atoms with Gasteiger partial charge in [0.15, 0.2) is 0 Å². The molecular weight excluding hydrogens is 397 g/mol. The molecule has 0 spiro atoms. The van der Waals surface area contributed by atoms with Crippen LogP contribution in [0.2, 0.25) is 0 Å². The standard InChI is InChI=1S/C22H21F3N2O3/c1-10-3-6-16(11(2)7-10)26(21(30)22(23,24)25)9-27-19(28)17-12-4-5-13(15-8-14(12)15)18(17)20(27)29/h3-7,12-15,17-18H,8-9H2,1-2H3/t12-,13-,14-,15+,17+,18+/m1/s1. The Balaban J connectivity index is 1.49. The maximum absolute atomic E-state index is 13.4. The highest BCUT2D eigenvalue weighted by molar-refractivity contribution is 6.07. The lowest BCUT2D eigenvalue weighted by molar-refractivity contribution is -0.171. The highest BCUT2D eigenvalue weighted by Crippen LogP contribution is 2.65.